The Bertz CT molecular complexity index is 567. The average Bonchev–Trinajstić information content (AvgIpc) is 3.14. The first-order valence-corrected chi connectivity index (χ1v) is 7.24. The summed E-state index contributed by atoms with van der Waals surface area (Å²) >= 11 is 3.46. The summed E-state index contributed by atoms with van der Waals surface area (Å²) in [5.74, 6) is 1.46. The normalized spacial score (nSPS) is 21.2. The monoisotopic (exact) mass is 317 g/mol. The zero-order valence-electron chi connectivity index (χ0n) is 10.6. The lowest BCUT2D eigenvalue weighted by Crippen LogP contribution is -2.01. The van der Waals surface area contributed by atoms with Crippen LogP contribution in [0.1, 0.15) is 23.5 Å². The first-order valence-electron chi connectivity index (χ1n) is 6.45. The Hall–Kier alpha value is -1.32. The van der Waals surface area contributed by atoms with Crippen LogP contribution in [0.25, 0.3) is 0 Å². The van der Waals surface area contributed by atoms with Gasteiger partial charge in [-0.25, -0.2) is 0 Å². The third kappa shape index (κ3) is 3.17. The predicted molar refractivity (Wildman–Crippen MR) is 80.2 cm³/mol. The molecule has 2 aromatic rings. The molecule has 3 heteroatoms. The number of hydrogen-bond donors (Lipinski definition) is 1. The molecule has 2 atom stereocenters. The standard InChI is InChI=1S/C16H16BrNO/c17-13-3-1-2-11(8-13)10-19-14-6-4-12(5-7-14)15-9-16(15)18/h1-8,15-16H,9-10,18H2. The number of ether oxygens (including phenoxy) is 1. The van der Waals surface area contributed by atoms with Gasteiger partial charge in [0.1, 0.15) is 12.4 Å². The number of nitrogens with two attached hydrogens (primary N) is 1. The predicted octanol–water partition coefficient (Wildman–Crippen LogP) is 3.84. The highest BCUT2D eigenvalue weighted by atomic mass is 79.9. The van der Waals surface area contributed by atoms with Crippen LogP contribution in [0, 0.1) is 0 Å². The van der Waals surface area contributed by atoms with Gasteiger partial charge in [0.15, 0.2) is 0 Å². The smallest absolute Gasteiger partial charge is 0.119 e. The molecule has 0 heterocycles. The van der Waals surface area contributed by atoms with Gasteiger partial charge in [-0.05, 0) is 41.8 Å². The fraction of sp³-hybridized carbons (Fsp3) is 0.250. The second kappa shape index (κ2) is 5.35. The van der Waals surface area contributed by atoms with E-state index in [4.69, 9.17) is 10.5 Å². The second-order valence-corrected chi connectivity index (χ2v) is 5.91. The molecule has 98 valence electrons. The van der Waals surface area contributed by atoms with Crippen molar-refractivity contribution in [1.82, 2.24) is 0 Å². The average molecular weight is 318 g/mol. The summed E-state index contributed by atoms with van der Waals surface area (Å²) in [6.07, 6.45) is 1.11. The molecule has 0 spiro atoms. The summed E-state index contributed by atoms with van der Waals surface area (Å²) in [5.41, 5.74) is 8.33. The van der Waals surface area contributed by atoms with Gasteiger partial charge in [0.25, 0.3) is 0 Å². The lowest BCUT2D eigenvalue weighted by atomic mass is 10.1. The maximum absolute atomic E-state index is 5.85. The molecule has 1 aliphatic rings. The lowest BCUT2D eigenvalue weighted by Gasteiger charge is -2.07. The van der Waals surface area contributed by atoms with E-state index < -0.39 is 0 Å². The van der Waals surface area contributed by atoms with E-state index in [0.29, 0.717) is 18.6 Å². The van der Waals surface area contributed by atoms with Crippen LogP contribution in [0.4, 0.5) is 0 Å². The molecular formula is C16H16BrNO. The first kappa shape index (κ1) is 12.7. The van der Waals surface area contributed by atoms with Crippen LogP contribution in [0.15, 0.2) is 53.0 Å². The zero-order valence-corrected chi connectivity index (χ0v) is 12.1. The Labute approximate surface area is 121 Å². The summed E-state index contributed by atoms with van der Waals surface area (Å²) in [6, 6.07) is 16.8. The molecule has 0 saturated heterocycles. The van der Waals surface area contributed by atoms with Gasteiger partial charge in [0.2, 0.25) is 0 Å². The molecule has 0 radical (unpaired) electrons. The van der Waals surface area contributed by atoms with Crippen LogP contribution >= 0.6 is 15.9 Å². The minimum atomic E-state index is 0.355. The molecule has 0 aromatic heterocycles. The number of hydrogen-bond acceptors (Lipinski definition) is 2. The van der Waals surface area contributed by atoms with E-state index in [1.54, 1.807) is 0 Å². The largest absolute Gasteiger partial charge is 0.489 e. The molecule has 3 rings (SSSR count). The molecule has 0 bridgehead atoms. The molecule has 2 nitrogen and oxygen atoms in total. The molecule has 2 unspecified atom stereocenters. The molecule has 1 fully saturated rings. The van der Waals surface area contributed by atoms with E-state index in [0.717, 1.165) is 22.2 Å². The minimum absolute atomic E-state index is 0.355. The molecule has 1 aliphatic carbocycles. The maximum Gasteiger partial charge on any atom is 0.119 e. The minimum Gasteiger partial charge on any atom is -0.489 e. The van der Waals surface area contributed by atoms with Crippen molar-refractivity contribution >= 4 is 15.9 Å². The summed E-state index contributed by atoms with van der Waals surface area (Å²) < 4.78 is 6.85. The third-order valence-corrected chi connectivity index (χ3v) is 3.94. The van der Waals surface area contributed by atoms with E-state index in [1.807, 2.05) is 24.3 Å². The van der Waals surface area contributed by atoms with Crippen LogP contribution < -0.4 is 10.5 Å². The second-order valence-electron chi connectivity index (χ2n) is 4.99. The van der Waals surface area contributed by atoms with E-state index in [-0.39, 0.29) is 0 Å². The van der Waals surface area contributed by atoms with Crippen molar-refractivity contribution < 1.29 is 4.74 Å². The topological polar surface area (TPSA) is 35.2 Å². The van der Waals surface area contributed by atoms with Crippen LogP contribution in [-0.2, 0) is 6.61 Å². The van der Waals surface area contributed by atoms with Crippen LogP contribution in [-0.4, -0.2) is 6.04 Å². The molecule has 1 saturated carbocycles. The highest BCUT2D eigenvalue weighted by Crippen LogP contribution is 2.39. The van der Waals surface area contributed by atoms with E-state index >= 15 is 0 Å². The zero-order chi connectivity index (χ0) is 13.2. The fourth-order valence-electron chi connectivity index (χ4n) is 2.20. The summed E-state index contributed by atoms with van der Waals surface area (Å²) in [5, 5.41) is 0. The molecule has 2 N–H and O–H groups in total. The van der Waals surface area contributed by atoms with Gasteiger partial charge in [0, 0.05) is 16.4 Å². The quantitative estimate of drug-likeness (QED) is 0.929. The van der Waals surface area contributed by atoms with Gasteiger partial charge in [-0.2, -0.15) is 0 Å². The molecule has 0 amide bonds. The molecular weight excluding hydrogens is 302 g/mol. The van der Waals surface area contributed by atoms with Gasteiger partial charge in [-0.3, -0.25) is 0 Å². The SMILES string of the molecule is NC1CC1c1ccc(OCc2cccc(Br)c2)cc1. The van der Waals surface area contributed by atoms with Crippen LogP contribution in [0.2, 0.25) is 0 Å². The van der Waals surface area contributed by atoms with Gasteiger partial charge in [-0.15, -0.1) is 0 Å². The van der Waals surface area contributed by atoms with Gasteiger partial charge >= 0.3 is 0 Å². The van der Waals surface area contributed by atoms with E-state index in [9.17, 15) is 0 Å². The van der Waals surface area contributed by atoms with Gasteiger partial charge in [-0.1, -0.05) is 40.2 Å². The van der Waals surface area contributed by atoms with E-state index in [2.05, 4.69) is 40.2 Å². The molecule has 2 aromatic carbocycles. The van der Waals surface area contributed by atoms with Gasteiger partial charge in [0.05, 0.1) is 0 Å². The third-order valence-electron chi connectivity index (χ3n) is 3.44. The van der Waals surface area contributed by atoms with E-state index in [1.165, 1.54) is 5.56 Å². The Balaban J connectivity index is 1.61. The van der Waals surface area contributed by atoms with Crippen molar-refractivity contribution in [2.45, 2.75) is 25.0 Å². The van der Waals surface area contributed by atoms with Gasteiger partial charge < -0.3 is 10.5 Å². The number of benzene rings is 2. The lowest BCUT2D eigenvalue weighted by molar-refractivity contribution is 0.306. The number of halogens is 1. The van der Waals surface area contributed by atoms with Crippen molar-refractivity contribution in [2.75, 3.05) is 0 Å². The Morgan fingerprint density at radius 2 is 1.89 bits per heavy atom. The number of rotatable bonds is 4. The Morgan fingerprint density at radius 1 is 1.16 bits per heavy atom. The molecule has 19 heavy (non-hydrogen) atoms. The first-order chi connectivity index (χ1) is 9.22. The van der Waals surface area contributed by atoms with Crippen molar-refractivity contribution in [3.8, 4) is 5.75 Å². The Morgan fingerprint density at radius 3 is 2.53 bits per heavy atom. The fourth-order valence-corrected chi connectivity index (χ4v) is 2.65. The van der Waals surface area contributed by atoms with Crippen molar-refractivity contribution in [2.24, 2.45) is 5.73 Å². The highest BCUT2D eigenvalue weighted by molar-refractivity contribution is 9.10. The maximum atomic E-state index is 5.85. The van der Waals surface area contributed by atoms with Crippen LogP contribution in [0.3, 0.4) is 0 Å². The van der Waals surface area contributed by atoms with Crippen LogP contribution in [0.5, 0.6) is 5.75 Å². The van der Waals surface area contributed by atoms with Crippen molar-refractivity contribution in [3.63, 3.8) is 0 Å². The summed E-state index contributed by atoms with van der Waals surface area (Å²) in [4.78, 5) is 0. The summed E-state index contributed by atoms with van der Waals surface area (Å²) in [7, 11) is 0. The van der Waals surface area contributed by atoms with Crippen molar-refractivity contribution in [3.05, 3.63) is 64.1 Å². The summed E-state index contributed by atoms with van der Waals surface area (Å²) in [6.45, 7) is 0.585. The highest BCUT2D eigenvalue weighted by Gasteiger charge is 2.34. The van der Waals surface area contributed by atoms with Crippen molar-refractivity contribution in [1.29, 1.82) is 0 Å². The Kier molecular flexibility index (Phi) is 3.58. The molecule has 0 aliphatic heterocycles.